The van der Waals surface area contributed by atoms with Crippen LogP contribution >= 0.6 is 0 Å². The Labute approximate surface area is 208 Å². The van der Waals surface area contributed by atoms with Crippen molar-refractivity contribution in [3.63, 3.8) is 0 Å². The van der Waals surface area contributed by atoms with E-state index in [-0.39, 0.29) is 11.9 Å². The summed E-state index contributed by atoms with van der Waals surface area (Å²) < 4.78 is 8.11. The number of anilines is 1. The Bertz CT molecular complexity index is 1460. The Morgan fingerprint density at radius 3 is 2.97 bits per heavy atom. The molecule has 5 rings (SSSR count). The van der Waals surface area contributed by atoms with Crippen LogP contribution in [0, 0.1) is 0 Å². The lowest BCUT2D eigenvalue weighted by atomic mass is 10.1. The highest BCUT2D eigenvalue weighted by atomic mass is 16.5. The molecule has 1 aromatic carbocycles. The van der Waals surface area contributed by atoms with Crippen molar-refractivity contribution in [1.29, 1.82) is 0 Å². The van der Waals surface area contributed by atoms with E-state index in [1.54, 1.807) is 35.0 Å². The molecule has 0 bridgehead atoms. The number of rotatable bonds is 9. The van der Waals surface area contributed by atoms with Gasteiger partial charge in [0.05, 0.1) is 11.6 Å². The van der Waals surface area contributed by atoms with Gasteiger partial charge in [0, 0.05) is 30.7 Å². The summed E-state index contributed by atoms with van der Waals surface area (Å²) in [6.07, 6.45) is 10.4. The number of hydrogen-bond donors (Lipinski definition) is 1. The average Bonchev–Trinajstić information content (AvgIpc) is 3.59. The van der Waals surface area contributed by atoms with Gasteiger partial charge < -0.3 is 15.0 Å². The van der Waals surface area contributed by atoms with Crippen molar-refractivity contribution < 1.29 is 9.53 Å². The summed E-state index contributed by atoms with van der Waals surface area (Å²) in [4.78, 5) is 28.2. The molecule has 182 valence electrons. The number of fused-ring (bicyclic) bond motifs is 2. The molecule has 1 N–H and O–H groups in total. The van der Waals surface area contributed by atoms with Crippen molar-refractivity contribution in [2.75, 3.05) is 24.6 Å². The Balaban J connectivity index is 1.37. The van der Waals surface area contributed by atoms with E-state index < -0.39 is 0 Å². The minimum atomic E-state index is -0.282. The molecule has 1 aliphatic heterocycles. The van der Waals surface area contributed by atoms with E-state index in [4.69, 9.17) is 4.74 Å². The van der Waals surface area contributed by atoms with E-state index in [2.05, 4.69) is 43.4 Å². The Morgan fingerprint density at radius 2 is 2.11 bits per heavy atom. The van der Waals surface area contributed by atoms with Crippen LogP contribution in [0.5, 0.6) is 5.75 Å². The van der Waals surface area contributed by atoms with E-state index in [0.717, 1.165) is 36.2 Å². The van der Waals surface area contributed by atoms with Gasteiger partial charge >= 0.3 is 0 Å². The third kappa shape index (κ3) is 4.68. The number of ether oxygens (including phenoxy) is 1. The molecule has 0 aliphatic carbocycles. The molecule has 1 aliphatic rings. The van der Waals surface area contributed by atoms with Gasteiger partial charge in [0.2, 0.25) is 0 Å². The predicted octanol–water partition coefficient (Wildman–Crippen LogP) is 3.75. The zero-order valence-electron chi connectivity index (χ0n) is 19.9. The Kier molecular flexibility index (Phi) is 6.70. The lowest BCUT2D eigenvalue weighted by molar-refractivity contribution is 0.0952. The third-order valence-electron chi connectivity index (χ3n) is 6.22. The van der Waals surface area contributed by atoms with Crippen molar-refractivity contribution in [3.05, 3.63) is 91.6 Å². The Morgan fingerprint density at radius 1 is 1.22 bits per heavy atom. The van der Waals surface area contributed by atoms with Crippen LogP contribution in [0.2, 0.25) is 0 Å². The van der Waals surface area contributed by atoms with Crippen LogP contribution in [0.15, 0.2) is 85.9 Å². The van der Waals surface area contributed by atoms with Crippen molar-refractivity contribution in [1.82, 2.24) is 29.9 Å². The number of pyridine rings is 1. The van der Waals surface area contributed by atoms with Crippen LogP contribution in [0.1, 0.15) is 23.3 Å². The smallest absolute Gasteiger partial charge is 0.270 e. The van der Waals surface area contributed by atoms with Crippen LogP contribution in [-0.4, -0.2) is 56.2 Å². The second-order valence-corrected chi connectivity index (χ2v) is 8.46. The number of allylic oxidation sites excluding steroid dienone is 2. The van der Waals surface area contributed by atoms with Crippen LogP contribution in [0.4, 0.5) is 5.82 Å². The quantitative estimate of drug-likeness (QED) is 0.364. The number of para-hydroxylation sites is 1. The molecule has 0 saturated carbocycles. The molecule has 0 spiro atoms. The SMILES string of the molecule is C=C/C=C(\C=C)CNC(=O)c1cc(OC[C@H]2CCCN2c2ccnc3ncnn23)c2ccccc2n1. The largest absolute Gasteiger partial charge is 0.491 e. The van der Waals surface area contributed by atoms with Gasteiger partial charge in [-0.25, -0.2) is 9.97 Å². The summed E-state index contributed by atoms with van der Waals surface area (Å²) in [6, 6.07) is 11.5. The highest BCUT2D eigenvalue weighted by molar-refractivity contribution is 5.97. The number of amides is 1. The average molecular weight is 482 g/mol. The fourth-order valence-electron chi connectivity index (χ4n) is 4.44. The molecular weight excluding hydrogens is 454 g/mol. The first kappa shape index (κ1) is 23.2. The minimum absolute atomic E-state index is 0.142. The second kappa shape index (κ2) is 10.4. The molecule has 1 saturated heterocycles. The predicted molar refractivity (Wildman–Crippen MR) is 139 cm³/mol. The van der Waals surface area contributed by atoms with Crippen LogP contribution in [-0.2, 0) is 0 Å². The first-order chi connectivity index (χ1) is 17.7. The molecule has 1 fully saturated rings. The first-order valence-electron chi connectivity index (χ1n) is 11.8. The Hall–Kier alpha value is -4.53. The van der Waals surface area contributed by atoms with Crippen LogP contribution in [0.3, 0.4) is 0 Å². The van der Waals surface area contributed by atoms with Crippen molar-refractivity contribution in [3.8, 4) is 5.75 Å². The molecule has 0 unspecified atom stereocenters. The molecule has 1 amide bonds. The van der Waals surface area contributed by atoms with Gasteiger partial charge in [0.1, 0.15) is 30.2 Å². The topological polar surface area (TPSA) is 97.5 Å². The number of benzene rings is 1. The highest BCUT2D eigenvalue weighted by Crippen LogP contribution is 2.29. The fourth-order valence-corrected chi connectivity index (χ4v) is 4.44. The van der Waals surface area contributed by atoms with Gasteiger partial charge in [0.25, 0.3) is 11.7 Å². The third-order valence-corrected chi connectivity index (χ3v) is 6.22. The molecular formula is C27H27N7O2. The number of aromatic nitrogens is 5. The van der Waals surface area contributed by atoms with Crippen LogP contribution < -0.4 is 15.0 Å². The molecule has 36 heavy (non-hydrogen) atoms. The minimum Gasteiger partial charge on any atom is -0.491 e. The van der Waals surface area contributed by atoms with E-state index in [9.17, 15) is 4.79 Å². The lowest BCUT2D eigenvalue weighted by Crippen LogP contribution is -2.35. The second-order valence-electron chi connectivity index (χ2n) is 8.46. The highest BCUT2D eigenvalue weighted by Gasteiger charge is 2.28. The number of hydrogen-bond acceptors (Lipinski definition) is 7. The molecule has 3 aromatic heterocycles. The van der Waals surface area contributed by atoms with E-state index in [1.807, 2.05) is 30.3 Å². The molecule has 4 heterocycles. The van der Waals surface area contributed by atoms with Gasteiger partial charge in [0.15, 0.2) is 0 Å². The van der Waals surface area contributed by atoms with Gasteiger partial charge in [-0.05, 0) is 36.6 Å². The van der Waals surface area contributed by atoms with Gasteiger partial charge in [-0.2, -0.15) is 14.6 Å². The van der Waals surface area contributed by atoms with Crippen molar-refractivity contribution in [2.45, 2.75) is 18.9 Å². The lowest BCUT2D eigenvalue weighted by Gasteiger charge is -2.27. The zero-order valence-corrected chi connectivity index (χ0v) is 19.9. The number of carbonyl (C=O) groups excluding carboxylic acids is 1. The summed E-state index contributed by atoms with van der Waals surface area (Å²) in [5, 5.41) is 8.08. The first-order valence-corrected chi connectivity index (χ1v) is 11.8. The zero-order chi connectivity index (χ0) is 24.9. The van der Waals surface area contributed by atoms with Crippen molar-refractivity contribution in [2.24, 2.45) is 0 Å². The normalized spacial score (nSPS) is 15.8. The monoisotopic (exact) mass is 481 g/mol. The number of carbonyl (C=O) groups is 1. The van der Waals surface area contributed by atoms with Crippen molar-refractivity contribution >= 4 is 28.4 Å². The summed E-state index contributed by atoms with van der Waals surface area (Å²) in [6.45, 7) is 9.14. The molecule has 0 radical (unpaired) electrons. The van der Waals surface area contributed by atoms with E-state index >= 15 is 0 Å². The summed E-state index contributed by atoms with van der Waals surface area (Å²) in [5.74, 6) is 1.85. The maximum atomic E-state index is 12.9. The number of nitrogens with one attached hydrogen (secondary N) is 1. The summed E-state index contributed by atoms with van der Waals surface area (Å²) in [5.41, 5.74) is 1.86. The summed E-state index contributed by atoms with van der Waals surface area (Å²) in [7, 11) is 0. The van der Waals surface area contributed by atoms with Gasteiger partial charge in [-0.3, -0.25) is 4.79 Å². The maximum absolute atomic E-state index is 12.9. The van der Waals surface area contributed by atoms with E-state index in [0.29, 0.717) is 35.9 Å². The molecule has 1 atom stereocenters. The van der Waals surface area contributed by atoms with Crippen LogP contribution in [0.25, 0.3) is 16.7 Å². The molecule has 4 aromatic rings. The van der Waals surface area contributed by atoms with E-state index in [1.165, 1.54) is 6.33 Å². The molecule has 9 heteroatoms. The summed E-state index contributed by atoms with van der Waals surface area (Å²) >= 11 is 0. The van der Waals surface area contributed by atoms with Gasteiger partial charge in [-0.1, -0.05) is 43.5 Å². The number of nitrogens with zero attached hydrogens (tertiary/aromatic N) is 6. The van der Waals surface area contributed by atoms with Gasteiger partial charge in [-0.15, -0.1) is 0 Å². The maximum Gasteiger partial charge on any atom is 0.270 e. The molecule has 9 nitrogen and oxygen atoms in total. The standard InChI is InChI=1S/C27H27N7O2/c1-3-8-19(4-2)16-29-26(35)23-15-24(21-10-5-6-11-22(21)32-23)36-17-20-9-7-14-33(20)25-12-13-28-27-30-18-31-34(25)27/h3-6,8,10-13,15,18,20H,1-2,7,9,14,16-17H2,(H,29,35)/b19-8+/t20-/m1/s1. The fraction of sp³-hybridized carbons (Fsp3) is 0.222.